The summed E-state index contributed by atoms with van der Waals surface area (Å²) in [7, 11) is 0. The van der Waals surface area contributed by atoms with Crippen molar-refractivity contribution in [2.45, 2.75) is 38.6 Å². The maximum Gasteiger partial charge on any atom is 0.263 e. The number of para-hydroxylation sites is 1. The molecule has 0 radical (unpaired) electrons. The number of aryl methyl sites for hydroxylation is 1. The highest BCUT2D eigenvalue weighted by Gasteiger charge is 2.28. The molecule has 1 aliphatic carbocycles. The van der Waals surface area contributed by atoms with E-state index >= 15 is 0 Å². The molecule has 0 spiro atoms. The van der Waals surface area contributed by atoms with Gasteiger partial charge in [0.25, 0.3) is 5.91 Å². The number of benzene rings is 1. The minimum Gasteiger partial charge on any atom is -0.490 e. The zero-order chi connectivity index (χ0) is 16.7. The zero-order valence-corrected chi connectivity index (χ0v) is 14.3. The second kappa shape index (κ2) is 6.16. The summed E-state index contributed by atoms with van der Waals surface area (Å²) in [4.78, 5) is 17.9. The second-order valence-corrected chi connectivity index (χ2v) is 7.57. The lowest BCUT2D eigenvalue weighted by molar-refractivity contribution is 0.0927. The lowest BCUT2D eigenvalue weighted by Gasteiger charge is -2.26. The Kier molecular flexibility index (Phi) is 4.00. The van der Waals surface area contributed by atoms with Crippen LogP contribution in [0.5, 0.6) is 5.75 Å². The van der Waals surface area contributed by atoms with Crippen LogP contribution in [0.25, 0.3) is 0 Å². The van der Waals surface area contributed by atoms with Crippen LogP contribution in [0.1, 0.15) is 51.2 Å². The Morgan fingerprint density at radius 3 is 3.04 bits per heavy atom. The normalized spacial score (nSPS) is 19.5. The number of nitrogens with one attached hydrogen (secondary N) is 1. The molecule has 6 heteroatoms. The van der Waals surface area contributed by atoms with E-state index in [1.807, 2.05) is 6.92 Å². The van der Waals surface area contributed by atoms with Crippen LogP contribution < -0.4 is 10.1 Å². The number of ether oxygens (including phenoxy) is 1. The SMILES string of the molecule is Cc1nc(CC2CC2)sc1C(=O)N[C@H]1CCOc2c(F)cccc21. The van der Waals surface area contributed by atoms with Gasteiger partial charge in [-0.05, 0) is 31.7 Å². The molecule has 1 saturated carbocycles. The maximum atomic E-state index is 13.9. The molecule has 4 rings (SSSR count). The summed E-state index contributed by atoms with van der Waals surface area (Å²) in [5, 5.41) is 4.07. The van der Waals surface area contributed by atoms with Crippen molar-refractivity contribution < 1.29 is 13.9 Å². The van der Waals surface area contributed by atoms with Gasteiger partial charge in [-0.15, -0.1) is 11.3 Å². The Morgan fingerprint density at radius 2 is 2.25 bits per heavy atom. The van der Waals surface area contributed by atoms with E-state index in [2.05, 4.69) is 10.3 Å². The van der Waals surface area contributed by atoms with E-state index in [-0.39, 0.29) is 23.5 Å². The zero-order valence-electron chi connectivity index (χ0n) is 13.5. The summed E-state index contributed by atoms with van der Waals surface area (Å²) in [6.45, 7) is 2.27. The molecule has 1 N–H and O–H groups in total. The first kappa shape index (κ1) is 15.6. The van der Waals surface area contributed by atoms with E-state index in [0.717, 1.165) is 23.0 Å². The van der Waals surface area contributed by atoms with Crippen molar-refractivity contribution in [3.63, 3.8) is 0 Å². The van der Waals surface area contributed by atoms with Crippen LogP contribution in [-0.2, 0) is 6.42 Å². The van der Waals surface area contributed by atoms with Crippen molar-refractivity contribution >= 4 is 17.2 Å². The smallest absolute Gasteiger partial charge is 0.263 e. The van der Waals surface area contributed by atoms with Crippen LogP contribution in [0.2, 0.25) is 0 Å². The number of carbonyl (C=O) groups is 1. The number of aromatic nitrogens is 1. The minimum absolute atomic E-state index is 0.130. The molecule has 1 fully saturated rings. The minimum atomic E-state index is -0.382. The van der Waals surface area contributed by atoms with E-state index in [1.165, 1.54) is 30.2 Å². The van der Waals surface area contributed by atoms with Gasteiger partial charge in [0, 0.05) is 18.4 Å². The maximum absolute atomic E-state index is 13.9. The van der Waals surface area contributed by atoms with Gasteiger partial charge in [0.2, 0.25) is 0 Å². The van der Waals surface area contributed by atoms with E-state index in [1.54, 1.807) is 12.1 Å². The number of carbonyl (C=O) groups excluding carboxylic acids is 1. The van der Waals surface area contributed by atoms with Crippen LogP contribution in [0.15, 0.2) is 18.2 Å². The lowest BCUT2D eigenvalue weighted by atomic mass is 10.00. The first-order valence-electron chi connectivity index (χ1n) is 8.30. The van der Waals surface area contributed by atoms with Crippen LogP contribution in [0.4, 0.5) is 4.39 Å². The Hall–Kier alpha value is -1.95. The summed E-state index contributed by atoms with van der Waals surface area (Å²) in [6, 6.07) is 4.60. The molecule has 4 nitrogen and oxygen atoms in total. The number of nitrogens with zero attached hydrogens (tertiary/aromatic N) is 1. The second-order valence-electron chi connectivity index (χ2n) is 6.49. The quantitative estimate of drug-likeness (QED) is 0.916. The summed E-state index contributed by atoms with van der Waals surface area (Å²) >= 11 is 1.48. The first-order chi connectivity index (χ1) is 11.6. The molecular weight excluding hydrogens is 327 g/mol. The van der Waals surface area contributed by atoms with E-state index in [9.17, 15) is 9.18 Å². The molecule has 0 bridgehead atoms. The number of rotatable bonds is 4. The van der Waals surface area contributed by atoms with Gasteiger partial charge in [0.05, 0.1) is 23.4 Å². The number of hydrogen-bond donors (Lipinski definition) is 1. The van der Waals surface area contributed by atoms with Crippen LogP contribution in [-0.4, -0.2) is 17.5 Å². The molecule has 0 unspecified atom stereocenters. The Bertz CT molecular complexity index is 785. The third kappa shape index (κ3) is 3.02. The topological polar surface area (TPSA) is 51.2 Å². The van der Waals surface area contributed by atoms with Crippen molar-refractivity contribution in [3.05, 3.63) is 45.2 Å². The largest absolute Gasteiger partial charge is 0.490 e. The van der Waals surface area contributed by atoms with Gasteiger partial charge in [0.1, 0.15) is 4.88 Å². The molecule has 1 aromatic carbocycles. The van der Waals surface area contributed by atoms with Crippen LogP contribution in [0.3, 0.4) is 0 Å². The highest BCUT2D eigenvalue weighted by atomic mass is 32.1. The van der Waals surface area contributed by atoms with Gasteiger partial charge in [0.15, 0.2) is 11.6 Å². The third-order valence-corrected chi connectivity index (χ3v) is 5.72. The highest BCUT2D eigenvalue weighted by Crippen LogP contribution is 2.36. The van der Waals surface area contributed by atoms with Crippen molar-refractivity contribution in [2.75, 3.05) is 6.61 Å². The van der Waals surface area contributed by atoms with Gasteiger partial charge in [-0.3, -0.25) is 4.79 Å². The molecule has 1 aliphatic heterocycles. The fourth-order valence-corrected chi connectivity index (χ4v) is 4.16. The number of halogens is 1. The molecule has 2 aliphatic rings. The summed E-state index contributed by atoms with van der Waals surface area (Å²) in [6.07, 6.45) is 4.15. The van der Waals surface area contributed by atoms with E-state index in [4.69, 9.17) is 4.74 Å². The van der Waals surface area contributed by atoms with Crippen LogP contribution >= 0.6 is 11.3 Å². The molecular formula is C18H19FN2O2S. The standard InChI is InChI=1S/C18H19FN2O2S/c1-10-17(24-15(20-10)9-11-5-6-11)18(22)21-14-7-8-23-16-12(14)3-2-4-13(16)19/h2-4,11,14H,5-9H2,1H3,(H,21,22)/t14-/m0/s1. The Labute approximate surface area is 144 Å². The predicted octanol–water partition coefficient (Wildman–Crippen LogP) is 3.80. The molecule has 1 aromatic heterocycles. The number of amides is 1. The van der Waals surface area contributed by atoms with Gasteiger partial charge in [-0.25, -0.2) is 9.37 Å². The Balaban J connectivity index is 1.53. The molecule has 2 aromatic rings. The van der Waals surface area contributed by atoms with E-state index < -0.39 is 0 Å². The number of hydrogen-bond acceptors (Lipinski definition) is 4. The molecule has 24 heavy (non-hydrogen) atoms. The molecule has 1 atom stereocenters. The van der Waals surface area contributed by atoms with E-state index in [0.29, 0.717) is 23.5 Å². The molecule has 126 valence electrons. The number of fused-ring (bicyclic) bond motifs is 1. The van der Waals surface area contributed by atoms with Crippen LogP contribution in [0, 0.1) is 18.7 Å². The predicted molar refractivity (Wildman–Crippen MR) is 90.0 cm³/mol. The fourth-order valence-electron chi connectivity index (χ4n) is 3.08. The fraction of sp³-hybridized carbons (Fsp3) is 0.444. The van der Waals surface area contributed by atoms with Gasteiger partial charge < -0.3 is 10.1 Å². The third-order valence-electron chi connectivity index (χ3n) is 4.54. The molecule has 0 saturated heterocycles. The first-order valence-corrected chi connectivity index (χ1v) is 9.12. The average Bonchev–Trinajstić information content (AvgIpc) is 3.29. The number of thiazole rings is 1. The summed E-state index contributed by atoms with van der Waals surface area (Å²) < 4.78 is 19.3. The average molecular weight is 346 g/mol. The molecule has 2 heterocycles. The summed E-state index contributed by atoms with van der Waals surface area (Å²) in [5.41, 5.74) is 1.48. The highest BCUT2D eigenvalue weighted by molar-refractivity contribution is 7.13. The van der Waals surface area contributed by atoms with Gasteiger partial charge >= 0.3 is 0 Å². The monoisotopic (exact) mass is 346 g/mol. The van der Waals surface area contributed by atoms with Gasteiger partial charge in [-0.1, -0.05) is 12.1 Å². The van der Waals surface area contributed by atoms with Crippen molar-refractivity contribution in [3.8, 4) is 5.75 Å². The molecule has 1 amide bonds. The van der Waals surface area contributed by atoms with Crippen molar-refractivity contribution in [1.29, 1.82) is 0 Å². The van der Waals surface area contributed by atoms with Crippen molar-refractivity contribution in [2.24, 2.45) is 5.92 Å². The summed E-state index contributed by atoms with van der Waals surface area (Å²) in [5.74, 6) is 0.489. The van der Waals surface area contributed by atoms with Gasteiger partial charge in [-0.2, -0.15) is 0 Å². The Morgan fingerprint density at radius 1 is 1.42 bits per heavy atom. The van der Waals surface area contributed by atoms with Crippen molar-refractivity contribution in [1.82, 2.24) is 10.3 Å². The lowest BCUT2D eigenvalue weighted by Crippen LogP contribution is -2.32.